The number of nitrogens with zero attached hydrogens (tertiary/aromatic N) is 2. The molecule has 20 heavy (non-hydrogen) atoms. The summed E-state index contributed by atoms with van der Waals surface area (Å²) in [5.74, 6) is -0.139. The highest BCUT2D eigenvalue weighted by Crippen LogP contribution is 2.23. The molecule has 2 heterocycles. The molecule has 0 aromatic carbocycles. The van der Waals surface area contributed by atoms with Crippen LogP contribution < -0.4 is 0 Å². The van der Waals surface area contributed by atoms with Gasteiger partial charge in [0.15, 0.2) is 0 Å². The summed E-state index contributed by atoms with van der Waals surface area (Å²) in [6, 6.07) is 3.61. The third-order valence-electron chi connectivity index (χ3n) is 3.41. The number of hydrogen-bond donors (Lipinski definition) is 0. The Balaban J connectivity index is 1.97. The van der Waals surface area contributed by atoms with Gasteiger partial charge in [-0.2, -0.15) is 0 Å². The average molecular weight is 317 g/mol. The van der Waals surface area contributed by atoms with Crippen LogP contribution in [-0.4, -0.2) is 35.5 Å². The van der Waals surface area contributed by atoms with Gasteiger partial charge >= 0.3 is 5.97 Å². The summed E-state index contributed by atoms with van der Waals surface area (Å²) in [6.45, 7) is 4.60. The van der Waals surface area contributed by atoms with E-state index in [2.05, 4.69) is 9.88 Å². The summed E-state index contributed by atoms with van der Waals surface area (Å²) in [6.07, 6.45) is 1.88. The third kappa shape index (κ3) is 4.08. The Hall–Kier alpha value is -0.840. The van der Waals surface area contributed by atoms with E-state index in [1.165, 1.54) is 0 Å². The Morgan fingerprint density at radius 2 is 2.30 bits per heavy atom. The van der Waals surface area contributed by atoms with Gasteiger partial charge in [-0.05, 0) is 32.4 Å². The van der Waals surface area contributed by atoms with Gasteiger partial charge in [0.05, 0.1) is 12.5 Å². The zero-order valence-corrected chi connectivity index (χ0v) is 13.0. The van der Waals surface area contributed by atoms with Crippen LogP contribution in [0.1, 0.15) is 25.3 Å². The number of likely N-dealkylation sites (tertiary alicyclic amines) is 1. The molecule has 4 nitrogen and oxygen atoms in total. The molecule has 2 rings (SSSR count). The van der Waals surface area contributed by atoms with Crippen LogP contribution in [0, 0.1) is 5.92 Å². The van der Waals surface area contributed by atoms with Crippen molar-refractivity contribution >= 4 is 29.2 Å². The molecule has 0 N–H and O–H groups in total. The maximum Gasteiger partial charge on any atom is 0.310 e. The molecule has 1 aliphatic heterocycles. The number of carbonyl (C=O) groups is 1. The first-order chi connectivity index (χ1) is 9.60. The van der Waals surface area contributed by atoms with Gasteiger partial charge < -0.3 is 4.74 Å². The van der Waals surface area contributed by atoms with Crippen LogP contribution in [0.3, 0.4) is 0 Å². The average Bonchev–Trinajstić information content (AvgIpc) is 2.43. The summed E-state index contributed by atoms with van der Waals surface area (Å²) < 4.78 is 5.10. The fourth-order valence-corrected chi connectivity index (χ4v) is 2.86. The highest BCUT2D eigenvalue weighted by atomic mass is 35.5. The van der Waals surface area contributed by atoms with E-state index in [-0.39, 0.29) is 11.9 Å². The van der Waals surface area contributed by atoms with Gasteiger partial charge in [-0.15, -0.1) is 0 Å². The fourth-order valence-electron chi connectivity index (χ4n) is 2.45. The number of halogens is 2. The molecule has 1 aromatic rings. The van der Waals surface area contributed by atoms with Crippen molar-refractivity contribution in [3.8, 4) is 0 Å². The van der Waals surface area contributed by atoms with E-state index in [0.29, 0.717) is 30.0 Å². The smallest absolute Gasteiger partial charge is 0.310 e. The van der Waals surface area contributed by atoms with Gasteiger partial charge in [0, 0.05) is 18.7 Å². The van der Waals surface area contributed by atoms with Crippen molar-refractivity contribution in [2.24, 2.45) is 5.92 Å². The molecule has 0 saturated carbocycles. The largest absolute Gasteiger partial charge is 0.466 e. The summed E-state index contributed by atoms with van der Waals surface area (Å²) in [5, 5.41) is 0.817. The molecular weight excluding hydrogens is 299 g/mol. The molecule has 0 amide bonds. The molecule has 1 aliphatic rings. The van der Waals surface area contributed by atoms with E-state index in [1.54, 1.807) is 6.07 Å². The van der Waals surface area contributed by atoms with Gasteiger partial charge in [-0.1, -0.05) is 29.3 Å². The van der Waals surface area contributed by atoms with Crippen LogP contribution in [0.5, 0.6) is 0 Å². The normalized spacial score (nSPS) is 19.9. The maximum atomic E-state index is 11.8. The number of ether oxygens (including phenoxy) is 1. The molecule has 1 aromatic heterocycles. The zero-order chi connectivity index (χ0) is 14.5. The van der Waals surface area contributed by atoms with Crippen molar-refractivity contribution in [1.82, 2.24) is 9.88 Å². The van der Waals surface area contributed by atoms with Crippen LogP contribution in [0.25, 0.3) is 0 Å². The van der Waals surface area contributed by atoms with Crippen LogP contribution in [0.15, 0.2) is 12.1 Å². The molecule has 0 bridgehead atoms. The minimum atomic E-state index is -0.0995. The standard InChI is InChI=1S/C14H18Cl2N2O2/c1-2-20-14(19)11-4-3-7-18(9-11)8-10-5-6-12(15)17-13(10)16/h5-6,11H,2-4,7-9H2,1H3. The fraction of sp³-hybridized carbons (Fsp3) is 0.571. The Morgan fingerprint density at radius 1 is 1.50 bits per heavy atom. The SMILES string of the molecule is CCOC(=O)C1CCCN(Cc2ccc(Cl)nc2Cl)C1. The Bertz CT molecular complexity index is 482. The quantitative estimate of drug-likeness (QED) is 0.632. The van der Waals surface area contributed by atoms with E-state index >= 15 is 0 Å². The van der Waals surface area contributed by atoms with Crippen molar-refractivity contribution in [3.63, 3.8) is 0 Å². The van der Waals surface area contributed by atoms with E-state index in [4.69, 9.17) is 27.9 Å². The topological polar surface area (TPSA) is 42.4 Å². The second-order valence-electron chi connectivity index (χ2n) is 4.91. The molecule has 0 aliphatic carbocycles. The molecule has 110 valence electrons. The second kappa shape index (κ2) is 7.25. The van der Waals surface area contributed by atoms with Crippen molar-refractivity contribution < 1.29 is 9.53 Å². The monoisotopic (exact) mass is 316 g/mol. The van der Waals surface area contributed by atoms with E-state index in [1.807, 2.05) is 13.0 Å². The molecule has 1 fully saturated rings. The number of carbonyl (C=O) groups excluding carboxylic acids is 1. The first kappa shape index (κ1) is 15.5. The van der Waals surface area contributed by atoms with Crippen LogP contribution in [0.2, 0.25) is 10.3 Å². The number of piperidine rings is 1. The summed E-state index contributed by atoms with van der Waals surface area (Å²) >= 11 is 11.9. The molecule has 6 heteroatoms. The predicted octanol–water partition coefficient (Wildman–Crippen LogP) is 3.16. The summed E-state index contributed by atoms with van der Waals surface area (Å²) in [4.78, 5) is 18.0. The summed E-state index contributed by atoms with van der Waals surface area (Å²) in [7, 11) is 0. The molecular formula is C14H18Cl2N2O2. The van der Waals surface area contributed by atoms with Gasteiger partial charge in [-0.25, -0.2) is 4.98 Å². The van der Waals surface area contributed by atoms with Gasteiger partial charge in [0.25, 0.3) is 0 Å². The first-order valence-corrected chi connectivity index (χ1v) is 7.55. The number of aromatic nitrogens is 1. The number of esters is 1. The van der Waals surface area contributed by atoms with E-state index in [0.717, 1.165) is 24.9 Å². The number of pyridine rings is 1. The maximum absolute atomic E-state index is 11.8. The lowest BCUT2D eigenvalue weighted by atomic mass is 9.98. The molecule has 0 spiro atoms. The number of rotatable bonds is 4. The molecule has 1 atom stereocenters. The van der Waals surface area contributed by atoms with Gasteiger partial charge in [0.1, 0.15) is 10.3 Å². The van der Waals surface area contributed by atoms with Crippen molar-refractivity contribution in [2.75, 3.05) is 19.7 Å². The minimum Gasteiger partial charge on any atom is -0.466 e. The molecule has 1 unspecified atom stereocenters. The lowest BCUT2D eigenvalue weighted by molar-refractivity contribution is -0.150. The first-order valence-electron chi connectivity index (χ1n) is 6.80. The number of hydrogen-bond acceptors (Lipinski definition) is 4. The zero-order valence-electron chi connectivity index (χ0n) is 11.4. The third-order valence-corrected chi connectivity index (χ3v) is 3.95. The van der Waals surface area contributed by atoms with Crippen molar-refractivity contribution in [1.29, 1.82) is 0 Å². The minimum absolute atomic E-state index is 0.0391. The highest BCUT2D eigenvalue weighted by molar-refractivity contribution is 6.32. The molecule has 0 radical (unpaired) electrons. The predicted molar refractivity (Wildman–Crippen MR) is 78.9 cm³/mol. The highest BCUT2D eigenvalue weighted by Gasteiger charge is 2.27. The van der Waals surface area contributed by atoms with E-state index < -0.39 is 0 Å². The van der Waals surface area contributed by atoms with E-state index in [9.17, 15) is 4.79 Å². The van der Waals surface area contributed by atoms with Crippen molar-refractivity contribution in [2.45, 2.75) is 26.3 Å². The molecule has 1 saturated heterocycles. The lowest BCUT2D eigenvalue weighted by Gasteiger charge is -2.31. The second-order valence-corrected chi connectivity index (χ2v) is 5.66. The van der Waals surface area contributed by atoms with Crippen molar-refractivity contribution in [3.05, 3.63) is 28.0 Å². The lowest BCUT2D eigenvalue weighted by Crippen LogP contribution is -2.39. The van der Waals surface area contributed by atoms with Crippen LogP contribution in [-0.2, 0) is 16.1 Å². The Morgan fingerprint density at radius 3 is 3.00 bits per heavy atom. The Kier molecular flexibility index (Phi) is 5.64. The van der Waals surface area contributed by atoms with Crippen LogP contribution in [0.4, 0.5) is 0 Å². The van der Waals surface area contributed by atoms with Gasteiger partial charge in [0.2, 0.25) is 0 Å². The van der Waals surface area contributed by atoms with Crippen LogP contribution >= 0.6 is 23.2 Å². The summed E-state index contributed by atoms with van der Waals surface area (Å²) in [5.41, 5.74) is 0.931. The van der Waals surface area contributed by atoms with Gasteiger partial charge in [-0.3, -0.25) is 9.69 Å². The Labute approximate surface area is 129 Å².